The zero-order valence-electron chi connectivity index (χ0n) is 19.6. The van der Waals surface area contributed by atoms with Gasteiger partial charge in [-0.3, -0.25) is 4.68 Å². The van der Waals surface area contributed by atoms with E-state index < -0.39 is 0 Å². The largest absolute Gasteiger partial charge is 0.340 e. The molecule has 4 aromatic heterocycles. The van der Waals surface area contributed by atoms with Crippen LogP contribution in [0, 0.1) is 5.92 Å². The zero-order valence-corrected chi connectivity index (χ0v) is 20.4. The van der Waals surface area contributed by atoms with Gasteiger partial charge in [-0.2, -0.15) is 5.10 Å². The summed E-state index contributed by atoms with van der Waals surface area (Å²) in [5.41, 5.74) is 5.41. The SMILES string of the molecule is Cl.Cn1cc(-c2cnc3nnn(CC4CCCN(c5ncc(C6=CCNCC6)cn5)C4)c3n2)cn1. The smallest absolute Gasteiger partial charge is 0.225 e. The highest BCUT2D eigenvalue weighted by Gasteiger charge is 2.24. The van der Waals surface area contributed by atoms with E-state index in [1.165, 1.54) is 5.57 Å². The second kappa shape index (κ2) is 10.0. The minimum absolute atomic E-state index is 0. The molecule has 4 aromatic rings. The topological polar surface area (TPSA) is 115 Å². The number of piperidine rings is 1. The van der Waals surface area contributed by atoms with Crippen molar-refractivity contribution in [2.24, 2.45) is 13.0 Å². The molecule has 182 valence electrons. The van der Waals surface area contributed by atoms with Gasteiger partial charge in [-0.05, 0) is 37.3 Å². The Morgan fingerprint density at radius 3 is 2.74 bits per heavy atom. The lowest BCUT2D eigenvalue weighted by atomic mass is 9.98. The molecule has 2 aliphatic heterocycles. The summed E-state index contributed by atoms with van der Waals surface area (Å²) in [5, 5.41) is 16.2. The lowest BCUT2D eigenvalue weighted by molar-refractivity contribution is 0.350. The number of fused-ring (bicyclic) bond motifs is 1. The van der Waals surface area contributed by atoms with Crippen LogP contribution in [-0.4, -0.2) is 70.9 Å². The number of nitrogens with one attached hydrogen (secondary N) is 1. The van der Waals surface area contributed by atoms with Crippen LogP contribution >= 0.6 is 12.4 Å². The van der Waals surface area contributed by atoms with Crippen LogP contribution in [0.3, 0.4) is 0 Å². The molecule has 2 aliphatic rings. The van der Waals surface area contributed by atoms with Crippen molar-refractivity contribution >= 4 is 35.2 Å². The summed E-state index contributed by atoms with van der Waals surface area (Å²) in [6.45, 7) is 4.49. The first-order chi connectivity index (χ1) is 16.7. The van der Waals surface area contributed by atoms with Gasteiger partial charge in [-0.15, -0.1) is 17.5 Å². The molecule has 0 aliphatic carbocycles. The molecule has 0 amide bonds. The van der Waals surface area contributed by atoms with Gasteiger partial charge in [-0.25, -0.2) is 24.6 Å². The van der Waals surface area contributed by atoms with Crippen molar-refractivity contribution in [3.8, 4) is 11.3 Å². The molecule has 1 atom stereocenters. The number of rotatable bonds is 5. The Kier molecular flexibility index (Phi) is 6.69. The van der Waals surface area contributed by atoms with Gasteiger partial charge in [0.15, 0.2) is 5.65 Å². The summed E-state index contributed by atoms with van der Waals surface area (Å²) in [6.07, 6.45) is 14.8. The van der Waals surface area contributed by atoms with Crippen LogP contribution in [0.5, 0.6) is 0 Å². The van der Waals surface area contributed by atoms with Crippen LogP contribution in [-0.2, 0) is 13.6 Å². The van der Waals surface area contributed by atoms with Gasteiger partial charge < -0.3 is 10.2 Å². The normalized spacial score (nSPS) is 18.4. The third kappa shape index (κ3) is 4.87. The molecule has 0 spiro atoms. The quantitative estimate of drug-likeness (QED) is 0.446. The molecule has 11 nitrogen and oxygen atoms in total. The van der Waals surface area contributed by atoms with Crippen LogP contribution in [0.1, 0.15) is 24.8 Å². The Labute approximate surface area is 209 Å². The van der Waals surface area contributed by atoms with E-state index in [1.807, 2.05) is 30.3 Å². The van der Waals surface area contributed by atoms with E-state index in [4.69, 9.17) is 15.0 Å². The number of aryl methyl sites for hydroxylation is 1. The molecule has 6 heterocycles. The van der Waals surface area contributed by atoms with Crippen LogP contribution < -0.4 is 10.2 Å². The average Bonchev–Trinajstić information content (AvgIpc) is 3.51. The van der Waals surface area contributed by atoms with Gasteiger partial charge in [0.25, 0.3) is 0 Å². The number of anilines is 1. The van der Waals surface area contributed by atoms with Crippen LogP contribution in [0.25, 0.3) is 28.1 Å². The fourth-order valence-corrected chi connectivity index (χ4v) is 4.75. The molecule has 12 heteroatoms. The number of halogens is 1. The molecule has 0 aromatic carbocycles. The Morgan fingerprint density at radius 2 is 1.97 bits per heavy atom. The molecule has 0 radical (unpaired) electrons. The van der Waals surface area contributed by atoms with Crippen LogP contribution in [0.4, 0.5) is 5.95 Å². The van der Waals surface area contributed by atoms with E-state index in [2.05, 4.69) is 36.7 Å². The highest BCUT2D eigenvalue weighted by molar-refractivity contribution is 5.85. The second-order valence-electron chi connectivity index (χ2n) is 8.99. The van der Waals surface area contributed by atoms with Gasteiger partial charge in [-0.1, -0.05) is 11.3 Å². The van der Waals surface area contributed by atoms with Crippen molar-refractivity contribution in [3.05, 3.63) is 42.6 Å². The first kappa shape index (κ1) is 23.3. The van der Waals surface area contributed by atoms with Crippen LogP contribution in [0.15, 0.2) is 37.1 Å². The summed E-state index contributed by atoms with van der Waals surface area (Å²) in [6, 6.07) is 0. The predicted molar refractivity (Wildman–Crippen MR) is 135 cm³/mol. The number of hydrogen-bond acceptors (Lipinski definition) is 9. The number of aromatic nitrogens is 9. The van der Waals surface area contributed by atoms with E-state index in [9.17, 15) is 0 Å². The maximum absolute atomic E-state index is 4.79. The van der Waals surface area contributed by atoms with Crippen molar-refractivity contribution in [1.29, 1.82) is 0 Å². The standard InChI is InChI=1S/C23H27N11.ClH/c1-32-15-19(11-28-32)20-12-25-21-22(29-20)34(31-30-21)14-16-3-2-8-33(13-16)23-26-9-18(10-27-23)17-4-6-24-7-5-17;/h4,9-12,15-16,24H,2-3,5-8,13-14H2,1H3;1H. The Hall–Kier alpha value is -3.44. The fourth-order valence-electron chi connectivity index (χ4n) is 4.75. The van der Waals surface area contributed by atoms with Crippen LogP contribution in [0.2, 0.25) is 0 Å². The summed E-state index contributed by atoms with van der Waals surface area (Å²) in [4.78, 5) is 20.9. The maximum Gasteiger partial charge on any atom is 0.225 e. The highest BCUT2D eigenvalue weighted by Crippen LogP contribution is 2.25. The van der Waals surface area contributed by atoms with E-state index in [1.54, 1.807) is 17.1 Å². The van der Waals surface area contributed by atoms with E-state index in [0.717, 1.165) is 74.8 Å². The van der Waals surface area contributed by atoms with Gasteiger partial charge >= 0.3 is 0 Å². The van der Waals surface area contributed by atoms with Gasteiger partial charge in [0.05, 0.1) is 18.1 Å². The van der Waals surface area contributed by atoms with Gasteiger partial charge in [0.2, 0.25) is 11.6 Å². The first-order valence-corrected chi connectivity index (χ1v) is 11.8. The summed E-state index contributed by atoms with van der Waals surface area (Å²) in [7, 11) is 1.89. The lowest BCUT2D eigenvalue weighted by Gasteiger charge is -2.32. The molecule has 35 heavy (non-hydrogen) atoms. The monoisotopic (exact) mass is 493 g/mol. The van der Waals surface area contributed by atoms with E-state index in [0.29, 0.717) is 17.2 Å². The van der Waals surface area contributed by atoms with Crippen molar-refractivity contribution in [1.82, 2.24) is 50.0 Å². The Balaban J connectivity index is 0.00000253. The Morgan fingerprint density at radius 1 is 1.09 bits per heavy atom. The molecular weight excluding hydrogens is 466 g/mol. The first-order valence-electron chi connectivity index (χ1n) is 11.8. The van der Waals surface area contributed by atoms with E-state index >= 15 is 0 Å². The summed E-state index contributed by atoms with van der Waals surface area (Å²) < 4.78 is 3.63. The molecule has 1 saturated heterocycles. The molecule has 0 bridgehead atoms. The summed E-state index contributed by atoms with van der Waals surface area (Å²) in [5.74, 6) is 1.20. The average molecular weight is 494 g/mol. The molecule has 0 saturated carbocycles. The maximum atomic E-state index is 4.79. The minimum atomic E-state index is 0. The third-order valence-corrected chi connectivity index (χ3v) is 6.53. The lowest BCUT2D eigenvalue weighted by Crippen LogP contribution is -2.38. The molecule has 6 rings (SSSR count). The third-order valence-electron chi connectivity index (χ3n) is 6.53. The van der Waals surface area contributed by atoms with Crippen molar-refractivity contribution < 1.29 is 0 Å². The highest BCUT2D eigenvalue weighted by atomic mass is 35.5. The fraction of sp³-hybridized carbons (Fsp3) is 0.435. The van der Waals surface area contributed by atoms with E-state index in [-0.39, 0.29) is 12.4 Å². The van der Waals surface area contributed by atoms with Crippen molar-refractivity contribution in [3.63, 3.8) is 0 Å². The molecule has 1 N–H and O–H groups in total. The number of nitrogens with zero attached hydrogens (tertiary/aromatic N) is 10. The van der Waals surface area contributed by atoms with Gasteiger partial charge in [0, 0.05) is 62.9 Å². The Bertz CT molecular complexity index is 1330. The minimum Gasteiger partial charge on any atom is -0.340 e. The predicted octanol–water partition coefficient (Wildman–Crippen LogP) is 2.13. The van der Waals surface area contributed by atoms with Crippen molar-refractivity contribution in [2.45, 2.75) is 25.8 Å². The second-order valence-corrected chi connectivity index (χ2v) is 8.99. The number of hydrogen-bond donors (Lipinski definition) is 1. The molecule has 1 fully saturated rings. The molecule has 1 unspecified atom stereocenters. The molecular formula is C23H28ClN11. The zero-order chi connectivity index (χ0) is 22.9. The summed E-state index contributed by atoms with van der Waals surface area (Å²) >= 11 is 0. The van der Waals surface area contributed by atoms with Crippen molar-refractivity contribution in [2.75, 3.05) is 31.1 Å². The van der Waals surface area contributed by atoms with Gasteiger partial charge in [0.1, 0.15) is 0 Å².